The van der Waals surface area contributed by atoms with Crippen LogP contribution in [-0.4, -0.2) is 41.8 Å². The minimum Gasteiger partial charge on any atom is -0.444 e. The molecule has 0 aromatic rings. The lowest BCUT2D eigenvalue weighted by atomic mass is 10.0. The fourth-order valence-corrected chi connectivity index (χ4v) is 1.63. The van der Waals surface area contributed by atoms with Crippen molar-refractivity contribution < 1.29 is 9.53 Å². The molecular weight excluding hydrogens is 222 g/mol. The van der Waals surface area contributed by atoms with Crippen LogP contribution < -0.4 is 5.73 Å². The minimum absolute atomic E-state index is 0.190. The number of hydrogen-bond acceptors (Lipinski definition) is 4. The van der Waals surface area contributed by atoms with Gasteiger partial charge < -0.3 is 15.4 Å². The molecule has 17 heavy (non-hydrogen) atoms. The van der Waals surface area contributed by atoms with Crippen LogP contribution in [0, 0.1) is 0 Å². The summed E-state index contributed by atoms with van der Waals surface area (Å²) in [6, 6.07) is -0.564. The Hall–Kier alpha value is -1.46. The number of nitrogens with two attached hydrogens (primary N) is 1. The van der Waals surface area contributed by atoms with Crippen molar-refractivity contribution in [2.75, 3.05) is 13.1 Å². The number of ether oxygens (including phenoxy) is 1. The summed E-state index contributed by atoms with van der Waals surface area (Å²) in [4.78, 5) is 16.1. The molecule has 1 fully saturated rings. The molecule has 96 valence electrons. The van der Waals surface area contributed by atoms with E-state index in [2.05, 4.69) is 10.0 Å². The molecule has 0 aliphatic carbocycles. The quantitative estimate of drug-likeness (QED) is 0.428. The van der Waals surface area contributed by atoms with Crippen molar-refractivity contribution in [3.8, 4) is 0 Å². The van der Waals surface area contributed by atoms with Crippen molar-refractivity contribution >= 4 is 6.09 Å². The molecular formula is C10H19N5O2. The molecule has 0 unspecified atom stereocenters. The Labute approximate surface area is 101 Å². The lowest BCUT2D eigenvalue weighted by Crippen LogP contribution is -2.52. The van der Waals surface area contributed by atoms with E-state index in [0.717, 1.165) is 0 Å². The van der Waals surface area contributed by atoms with Gasteiger partial charge >= 0.3 is 6.09 Å². The highest BCUT2D eigenvalue weighted by atomic mass is 16.6. The van der Waals surface area contributed by atoms with Crippen LogP contribution in [-0.2, 0) is 4.74 Å². The van der Waals surface area contributed by atoms with Gasteiger partial charge in [-0.15, -0.1) is 0 Å². The molecule has 0 radical (unpaired) electrons. The molecule has 0 saturated carbocycles. The highest BCUT2D eigenvalue weighted by molar-refractivity contribution is 5.68. The molecule has 1 saturated heterocycles. The second kappa shape index (κ2) is 5.25. The molecule has 7 heteroatoms. The van der Waals surface area contributed by atoms with Gasteiger partial charge in [0.1, 0.15) is 5.60 Å². The highest BCUT2D eigenvalue weighted by Gasteiger charge is 2.31. The highest BCUT2D eigenvalue weighted by Crippen LogP contribution is 2.16. The molecule has 1 heterocycles. The summed E-state index contributed by atoms with van der Waals surface area (Å²) in [6.45, 7) is 6.29. The zero-order valence-corrected chi connectivity index (χ0v) is 10.5. The lowest BCUT2D eigenvalue weighted by molar-refractivity contribution is 0.0189. The van der Waals surface area contributed by atoms with Gasteiger partial charge in [-0.3, -0.25) is 0 Å². The molecule has 1 rings (SSSR count). The van der Waals surface area contributed by atoms with E-state index in [-0.39, 0.29) is 18.2 Å². The van der Waals surface area contributed by atoms with Crippen molar-refractivity contribution in [3.05, 3.63) is 10.4 Å². The Bertz CT molecular complexity index is 332. The third kappa shape index (κ3) is 4.13. The first kappa shape index (κ1) is 13.6. The number of carbonyl (C=O) groups is 1. The summed E-state index contributed by atoms with van der Waals surface area (Å²) in [5.41, 5.74) is 13.7. The van der Waals surface area contributed by atoms with Gasteiger partial charge in [-0.25, -0.2) is 4.79 Å². The van der Waals surface area contributed by atoms with Crippen LogP contribution in [0.5, 0.6) is 0 Å². The molecule has 1 aliphatic rings. The first-order valence-electron chi connectivity index (χ1n) is 5.61. The van der Waals surface area contributed by atoms with Crippen molar-refractivity contribution in [2.24, 2.45) is 10.8 Å². The van der Waals surface area contributed by atoms with Gasteiger partial charge in [0.05, 0.1) is 6.04 Å². The molecule has 0 spiro atoms. The average Bonchev–Trinajstić information content (AvgIpc) is 2.19. The van der Waals surface area contributed by atoms with Crippen molar-refractivity contribution in [1.29, 1.82) is 0 Å². The zero-order chi connectivity index (χ0) is 13.1. The van der Waals surface area contributed by atoms with E-state index in [9.17, 15) is 4.79 Å². The maximum atomic E-state index is 11.8. The predicted molar refractivity (Wildman–Crippen MR) is 63.3 cm³/mol. The van der Waals surface area contributed by atoms with Crippen LogP contribution in [0.15, 0.2) is 5.11 Å². The predicted octanol–water partition coefficient (Wildman–Crippen LogP) is 1.63. The summed E-state index contributed by atoms with van der Waals surface area (Å²) in [6.07, 6.45) is 0.227. The third-order valence-corrected chi connectivity index (χ3v) is 2.49. The Morgan fingerprint density at radius 1 is 1.59 bits per heavy atom. The van der Waals surface area contributed by atoms with Crippen LogP contribution >= 0.6 is 0 Å². The topological polar surface area (TPSA) is 104 Å². The Kier molecular flexibility index (Phi) is 4.20. The maximum absolute atomic E-state index is 11.8. The first-order chi connectivity index (χ1) is 7.83. The van der Waals surface area contributed by atoms with E-state index >= 15 is 0 Å². The van der Waals surface area contributed by atoms with E-state index < -0.39 is 5.60 Å². The number of azide groups is 1. The molecule has 2 atom stereocenters. The van der Waals surface area contributed by atoms with E-state index in [1.54, 1.807) is 0 Å². The molecule has 0 bridgehead atoms. The smallest absolute Gasteiger partial charge is 0.410 e. The van der Waals surface area contributed by atoms with Gasteiger partial charge in [0.15, 0.2) is 0 Å². The lowest BCUT2D eigenvalue weighted by Gasteiger charge is -2.35. The Balaban J connectivity index is 2.61. The summed E-state index contributed by atoms with van der Waals surface area (Å²) in [7, 11) is 0. The standard InChI is InChI=1S/C10H19N5O2/c1-10(2,3)17-9(16)15-5-4-7(11)8(6-15)13-14-12/h7-8H,4-6,11H2,1-3H3/t7-,8+/m0/s1. The molecule has 1 aliphatic heterocycles. The van der Waals surface area contributed by atoms with E-state index in [4.69, 9.17) is 16.0 Å². The van der Waals surface area contributed by atoms with Crippen molar-refractivity contribution in [2.45, 2.75) is 44.9 Å². The maximum Gasteiger partial charge on any atom is 0.410 e. The molecule has 1 amide bonds. The Morgan fingerprint density at radius 2 is 2.24 bits per heavy atom. The Morgan fingerprint density at radius 3 is 2.76 bits per heavy atom. The van der Waals surface area contributed by atoms with Gasteiger partial charge in [0, 0.05) is 24.0 Å². The fourth-order valence-electron chi connectivity index (χ4n) is 1.63. The summed E-state index contributed by atoms with van der Waals surface area (Å²) < 4.78 is 5.25. The number of nitrogens with zero attached hydrogens (tertiary/aromatic N) is 4. The van der Waals surface area contributed by atoms with E-state index in [1.807, 2.05) is 20.8 Å². The van der Waals surface area contributed by atoms with Crippen LogP contribution in [0.3, 0.4) is 0 Å². The average molecular weight is 241 g/mol. The SMILES string of the molecule is CC(C)(C)OC(=O)N1CC[C@H](N)[C@H](N=[N+]=[N-])C1. The summed E-state index contributed by atoms with van der Waals surface area (Å²) in [5, 5.41) is 3.60. The van der Waals surface area contributed by atoms with Gasteiger partial charge in [-0.05, 0) is 32.7 Å². The second-order valence-corrected chi connectivity index (χ2v) is 5.15. The monoisotopic (exact) mass is 241 g/mol. The van der Waals surface area contributed by atoms with Crippen molar-refractivity contribution in [1.82, 2.24) is 4.90 Å². The van der Waals surface area contributed by atoms with Crippen LogP contribution in [0.4, 0.5) is 4.79 Å². The number of amides is 1. The van der Waals surface area contributed by atoms with E-state index in [0.29, 0.717) is 19.5 Å². The number of likely N-dealkylation sites (tertiary alicyclic amines) is 1. The van der Waals surface area contributed by atoms with Crippen LogP contribution in [0.2, 0.25) is 0 Å². The van der Waals surface area contributed by atoms with Crippen molar-refractivity contribution in [3.63, 3.8) is 0 Å². The zero-order valence-electron chi connectivity index (χ0n) is 10.5. The molecule has 2 N–H and O–H groups in total. The normalized spacial score (nSPS) is 25.1. The van der Waals surface area contributed by atoms with Gasteiger partial charge in [-0.2, -0.15) is 0 Å². The number of carbonyl (C=O) groups excluding carboxylic acids is 1. The van der Waals surface area contributed by atoms with Crippen LogP contribution in [0.25, 0.3) is 10.4 Å². The largest absolute Gasteiger partial charge is 0.444 e. The minimum atomic E-state index is -0.523. The molecule has 7 nitrogen and oxygen atoms in total. The summed E-state index contributed by atoms with van der Waals surface area (Å²) >= 11 is 0. The first-order valence-corrected chi connectivity index (χ1v) is 5.61. The van der Waals surface area contributed by atoms with Gasteiger partial charge in [-0.1, -0.05) is 5.11 Å². The molecule has 0 aromatic heterocycles. The van der Waals surface area contributed by atoms with E-state index in [1.165, 1.54) is 4.90 Å². The number of piperidine rings is 1. The number of rotatable bonds is 1. The number of hydrogen-bond donors (Lipinski definition) is 1. The molecule has 0 aromatic carbocycles. The third-order valence-electron chi connectivity index (χ3n) is 2.49. The van der Waals surface area contributed by atoms with Gasteiger partial charge in [0.25, 0.3) is 0 Å². The van der Waals surface area contributed by atoms with Crippen LogP contribution in [0.1, 0.15) is 27.2 Å². The van der Waals surface area contributed by atoms with Gasteiger partial charge in [0.2, 0.25) is 0 Å². The summed E-state index contributed by atoms with van der Waals surface area (Å²) in [5.74, 6) is 0. The fraction of sp³-hybridized carbons (Fsp3) is 0.900. The second-order valence-electron chi connectivity index (χ2n) is 5.15.